The lowest BCUT2D eigenvalue weighted by Crippen LogP contribution is -2.28. The van der Waals surface area contributed by atoms with Crippen LogP contribution in [0.4, 0.5) is 0 Å². The predicted octanol–water partition coefficient (Wildman–Crippen LogP) is 4.46. The molecule has 0 amide bonds. The molecule has 1 unspecified atom stereocenters. The van der Waals surface area contributed by atoms with Crippen LogP contribution < -0.4 is 5.73 Å². The predicted molar refractivity (Wildman–Crippen MR) is 90.7 cm³/mol. The van der Waals surface area contributed by atoms with E-state index in [0.29, 0.717) is 0 Å². The summed E-state index contributed by atoms with van der Waals surface area (Å²) in [5.74, 6) is 0. The lowest BCUT2D eigenvalue weighted by Gasteiger charge is -2.23. The number of rotatable bonds is 7. The third-order valence-corrected chi connectivity index (χ3v) is 5.14. The van der Waals surface area contributed by atoms with E-state index < -0.39 is 0 Å². The van der Waals surface area contributed by atoms with Gasteiger partial charge in [0.15, 0.2) is 0 Å². The molecular weight excluding hydrogens is 300 g/mol. The van der Waals surface area contributed by atoms with Crippen molar-refractivity contribution in [3.63, 3.8) is 0 Å². The SMILES string of the molecule is NC(CCN(Cc1cccs1)C1CC1)c1ccc(Cl)cc1. The first-order valence-corrected chi connectivity index (χ1v) is 8.75. The van der Waals surface area contributed by atoms with Crippen molar-refractivity contribution in [2.45, 2.75) is 37.9 Å². The van der Waals surface area contributed by atoms with Crippen LogP contribution in [0.2, 0.25) is 5.02 Å². The Kier molecular flexibility index (Phi) is 4.96. The Morgan fingerprint density at radius 1 is 1.24 bits per heavy atom. The molecule has 4 heteroatoms. The molecule has 1 aliphatic carbocycles. The molecule has 0 radical (unpaired) electrons. The van der Waals surface area contributed by atoms with Crippen molar-refractivity contribution in [3.8, 4) is 0 Å². The van der Waals surface area contributed by atoms with E-state index >= 15 is 0 Å². The van der Waals surface area contributed by atoms with Crippen LogP contribution in [0.15, 0.2) is 41.8 Å². The van der Waals surface area contributed by atoms with Crippen molar-refractivity contribution in [2.75, 3.05) is 6.54 Å². The van der Waals surface area contributed by atoms with Crippen LogP contribution in [0, 0.1) is 0 Å². The highest BCUT2D eigenvalue weighted by atomic mass is 35.5. The number of benzene rings is 1. The highest BCUT2D eigenvalue weighted by Gasteiger charge is 2.29. The van der Waals surface area contributed by atoms with Crippen molar-refractivity contribution >= 4 is 22.9 Å². The van der Waals surface area contributed by atoms with E-state index in [1.54, 1.807) is 0 Å². The van der Waals surface area contributed by atoms with Gasteiger partial charge in [0, 0.05) is 35.1 Å². The van der Waals surface area contributed by atoms with E-state index in [1.807, 2.05) is 35.6 Å². The molecule has 0 bridgehead atoms. The summed E-state index contributed by atoms with van der Waals surface area (Å²) >= 11 is 7.77. The van der Waals surface area contributed by atoms with Crippen molar-refractivity contribution in [3.05, 3.63) is 57.2 Å². The van der Waals surface area contributed by atoms with Crippen molar-refractivity contribution in [2.24, 2.45) is 5.73 Å². The largest absolute Gasteiger partial charge is 0.324 e. The fraction of sp³-hybridized carbons (Fsp3) is 0.412. The molecule has 3 rings (SSSR count). The number of halogens is 1. The molecule has 2 aromatic rings. The zero-order chi connectivity index (χ0) is 14.7. The minimum absolute atomic E-state index is 0.0897. The molecule has 1 atom stereocenters. The normalized spacial score (nSPS) is 16.3. The molecule has 2 N–H and O–H groups in total. The first-order valence-electron chi connectivity index (χ1n) is 7.50. The number of hydrogen-bond acceptors (Lipinski definition) is 3. The van der Waals surface area contributed by atoms with Gasteiger partial charge in [0.1, 0.15) is 0 Å². The van der Waals surface area contributed by atoms with E-state index in [-0.39, 0.29) is 6.04 Å². The van der Waals surface area contributed by atoms with Crippen LogP contribution in [-0.2, 0) is 6.54 Å². The molecule has 21 heavy (non-hydrogen) atoms. The van der Waals surface area contributed by atoms with E-state index in [0.717, 1.165) is 30.6 Å². The van der Waals surface area contributed by atoms with Gasteiger partial charge in [-0.05, 0) is 48.4 Å². The van der Waals surface area contributed by atoms with Gasteiger partial charge in [-0.3, -0.25) is 4.90 Å². The van der Waals surface area contributed by atoms with Gasteiger partial charge >= 0.3 is 0 Å². The second-order valence-corrected chi connectivity index (χ2v) is 7.20. The van der Waals surface area contributed by atoms with Crippen LogP contribution in [-0.4, -0.2) is 17.5 Å². The first-order chi connectivity index (χ1) is 10.2. The number of nitrogens with two attached hydrogens (primary N) is 1. The topological polar surface area (TPSA) is 29.3 Å². The number of hydrogen-bond donors (Lipinski definition) is 1. The summed E-state index contributed by atoms with van der Waals surface area (Å²) < 4.78 is 0. The average Bonchev–Trinajstić information content (AvgIpc) is 3.21. The molecule has 1 aliphatic rings. The lowest BCUT2D eigenvalue weighted by atomic mass is 10.0. The Balaban J connectivity index is 1.55. The van der Waals surface area contributed by atoms with Gasteiger partial charge in [-0.2, -0.15) is 0 Å². The molecule has 0 aliphatic heterocycles. The quantitative estimate of drug-likeness (QED) is 0.816. The Morgan fingerprint density at radius 3 is 2.62 bits per heavy atom. The minimum atomic E-state index is 0.0897. The van der Waals surface area contributed by atoms with Crippen LogP contribution in [0.25, 0.3) is 0 Å². The highest BCUT2D eigenvalue weighted by Crippen LogP contribution is 2.30. The van der Waals surface area contributed by atoms with Crippen molar-refractivity contribution in [1.82, 2.24) is 4.90 Å². The second kappa shape index (κ2) is 6.93. The van der Waals surface area contributed by atoms with E-state index in [9.17, 15) is 0 Å². The maximum Gasteiger partial charge on any atom is 0.0406 e. The molecule has 112 valence electrons. The van der Waals surface area contributed by atoms with Crippen LogP contribution in [0.3, 0.4) is 0 Å². The molecule has 0 saturated heterocycles. The summed E-state index contributed by atoms with van der Waals surface area (Å²) in [6.45, 7) is 2.13. The smallest absolute Gasteiger partial charge is 0.0406 e. The highest BCUT2D eigenvalue weighted by molar-refractivity contribution is 7.09. The summed E-state index contributed by atoms with van der Waals surface area (Å²) in [6.07, 6.45) is 3.66. The Labute approximate surface area is 135 Å². The van der Waals surface area contributed by atoms with Crippen molar-refractivity contribution < 1.29 is 0 Å². The average molecular weight is 321 g/mol. The van der Waals surface area contributed by atoms with Gasteiger partial charge < -0.3 is 5.73 Å². The number of thiophene rings is 1. The van der Waals surface area contributed by atoms with Crippen LogP contribution in [0.1, 0.15) is 35.7 Å². The lowest BCUT2D eigenvalue weighted by molar-refractivity contribution is 0.247. The maximum absolute atomic E-state index is 6.32. The standard InChI is InChI=1S/C17H21ClN2S/c18-14-5-3-13(4-6-14)17(19)9-10-20(15-7-8-15)12-16-2-1-11-21-16/h1-6,11,15,17H,7-10,12,19H2. The molecule has 1 fully saturated rings. The monoisotopic (exact) mass is 320 g/mol. The van der Waals surface area contributed by atoms with E-state index in [2.05, 4.69) is 22.4 Å². The second-order valence-electron chi connectivity index (χ2n) is 5.73. The van der Waals surface area contributed by atoms with Gasteiger partial charge in [0.2, 0.25) is 0 Å². The fourth-order valence-corrected chi connectivity index (χ4v) is 3.47. The van der Waals surface area contributed by atoms with Crippen LogP contribution in [0.5, 0.6) is 0 Å². The zero-order valence-electron chi connectivity index (χ0n) is 12.0. The summed E-state index contributed by atoms with van der Waals surface area (Å²) in [5.41, 5.74) is 7.49. The Bertz CT molecular complexity index is 549. The third-order valence-electron chi connectivity index (χ3n) is 4.03. The molecule has 2 nitrogen and oxygen atoms in total. The summed E-state index contributed by atoms with van der Waals surface area (Å²) in [7, 11) is 0. The minimum Gasteiger partial charge on any atom is -0.324 e. The molecule has 1 aromatic heterocycles. The van der Waals surface area contributed by atoms with Gasteiger partial charge in [-0.1, -0.05) is 29.8 Å². The zero-order valence-corrected chi connectivity index (χ0v) is 13.6. The van der Waals surface area contributed by atoms with Gasteiger partial charge in [0.05, 0.1) is 0 Å². The molecule has 1 saturated carbocycles. The van der Waals surface area contributed by atoms with Crippen molar-refractivity contribution in [1.29, 1.82) is 0 Å². The molecule has 0 spiro atoms. The Morgan fingerprint density at radius 2 is 2.00 bits per heavy atom. The van der Waals surface area contributed by atoms with E-state index in [4.69, 9.17) is 17.3 Å². The Hall–Kier alpha value is -0.870. The number of nitrogens with zero attached hydrogens (tertiary/aromatic N) is 1. The van der Waals surface area contributed by atoms with E-state index in [1.165, 1.54) is 23.3 Å². The van der Waals surface area contributed by atoms with Crippen LogP contribution >= 0.6 is 22.9 Å². The summed E-state index contributed by atoms with van der Waals surface area (Å²) in [6, 6.07) is 13.1. The summed E-state index contributed by atoms with van der Waals surface area (Å²) in [5, 5.41) is 2.92. The van der Waals surface area contributed by atoms with Gasteiger partial charge in [-0.15, -0.1) is 11.3 Å². The molecule has 1 aromatic carbocycles. The first kappa shape index (κ1) is 15.0. The molecular formula is C17H21ClN2S. The van der Waals surface area contributed by atoms with Gasteiger partial charge in [0.25, 0.3) is 0 Å². The molecule has 1 heterocycles. The summed E-state index contributed by atoms with van der Waals surface area (Å²) in [4.78, 5) is 4.03. The van der Waals surface area contributed by atoms with Gasteiger partial charge in [-0.25, -0.2) is 0 Å². The third kappa shape index (κ3) is 4.30. The fourth-order valence-electron chi connectivity index (χ4n) is 2.61. The maximum atomic E-state index is 6.32.